The molecule has 2 rings (SSSR count). The van der Waals surface area contributed by atoms with Gasteiger partial charge in [-0.25, -0.2) is 4.79 Å². The molecule has 21 heavy (non-hydrogen) atoms. The summed E-state index contributed by atoms with van der Waals surface area (Å²) in [6, 6.07) is 3.65. The molecule has 2 atom stereocenters. The largest absolute Gasteiger partial charge is 0.489 e. The van der Waals surface area contributed by atoms with Crippen LogP contribution in [-0.2, 0) is 6.18 Å². The fourth-order valence-corrected chi connectivity index (χ4v) is 2.28. The number of aliphatic hydroxyl groups excluding tert-OH is 1. The second kappa shape index (κ2) is 5.80. The molecule has 0 bridgehead atoms. The molecule has 1 fully saturated rings. The van der Waals surface area contributed by atoms with Gasteiger partial charge < -0.3 is 14.9 Å². The van der Waals surface area contributed by atoms with Crippen LogP contribution in [0, 0.1) is 0 Å². The van der Waals surface area contributed by atoms with Crippen molar-refractivity contribution >= 4 is 6.09 Å². The zero-order valence-corrected chi connectivity index (χ0v) is 10.9. The predicted octanol–water partition coefficient (Wildman–Crippen LogP) is 2.20. The van der Waals surface area contributed by atoms with Gasteiger partial charge in [-0.3, -0.25) is 4.90 Å². The van der Waals surface area contributed by atoms with E-state index in [9.17, 15) is 18.0 Å². The Bertz CT molecular complexity index is 503. The first-order valence-corrected chi connectivity index (χ1v) is 6.25. The molecule has 0 unspecified atom stereocenters. The summed E-state index contributed by atoms with van der Waals surface area (Å²) in [6.45, 7) is -0.249. The van der Waals surface area contributed by atoms with E-state index in [1.54, 1.807) is 0 Å². The van der Waals surface area contributed by atoms with E-state index < -0.39 is 30.0 Å². The van der Waals surface area contributed by atoms with Crippen molar-refractivity contribution in [3.63, 3.8) is 0 Å². The monoisotopic (exact) mass is 305 g/mol. The van der Waals surface area contributed by atoms with Crippen molar-refractivity contribution in [1.29, 1.82) is 0 Å². The van der Waals surface area contributed by atoms with Crippen LogP contribution in [0.25, 0.3) is 0 Å². The third-order valence-electron chi connectivity index (χ3n) is 3.32. The minimum atomic E-state index is -4.41. The first-order valence-electron chi connectivity index (χ1n) is 6.25. The molecule has 5 nitrogen and oxygen atoms in total. The number of hydrogen-bond donors (Lipinski definition) is 2. The lowest BCUT2D eigenvalue weighted by Crippen LogP contribution is -2.36. The number of rotatable bonds is 3. The molecule has 2 N–H and O–H groups in total. The normalized spacial score (nSPS) is 22.4. The molecule has 1 heterocycles. The first kappa shape index (κ1) is 15.4. The molecule has 116 valence electrons. The van der Waals surface area contributed by atoms with Crippen LogP contribution < -0.4 is 4.74 Å². The Hall–Kier alpha value is -1.96. The molecule has 8 heteroatoms. The number of aliphatic hydroxyl groups is 1. The number of halogens is 3. The Kier molecular flexibility index (Phi) is 4.26. The van der Waals surface area contributed by atoms with Gasteiger partial charge in [0.15, 0.2) is 0 Å². The van der Waals surface area contributed by atoms with Crippen molar-refractivity contribution < 1.29 is 32.9 Å². The summed E-state index contributed by atoms with van der Waals surface area (Å²) >= 11 is 0. The molecule has 0 aliphatic carbocycles. The molecule has 1 amide bonds. The standard InChI is InChI=1S/C13H14F3NO4/c14-13(15,16)8-1-3-10(4-2-8)21-11-5-9(7-18)17(6-11)12(19)20/h1-4,9,11,18H,5-7H2,(H,19,20)/t9-,11-/m1/s1. The SMILES string of the molecule is O=C(O)N1C[C@H](Oc2ccc(C(F)(F)F)cc2)C[C@@H]1CO. The van der Waals surface area contributed by atoms with E-state index in [0.717, 1.165) is 17.0 Å². The van der Waals surface area contributed by atoms with Gasteiger partial charge in [-0.05, 0) is 24.3 Å². The van der Waals surface area contributed by atoms with Crippen LogP contribution in [0.4, 0.5) is 18.0 Å². The minimum Gasteiger partial charge on any atom is -0.489 e. The highest BCUT2D eigenvalue weighted by molar-refractivity contribution is 5.66. The number of alkyl halides is 3. The Labute approximate surface area is 118 Å². The molecular weight excluding hydrogens is 291 g/mol. The van der Waals surface area contributed by atoms with Gasteiger partial charge in [0, 0.05) is 6.42 Å². The van der Waals surface area contributed by atoms with Crippen molar-refractivity contribution in [2.75, 3.05) is 13.2 Å². The number of amides is 1. The summed E-state index contributed by atoms with van der Waals surface area (Å²) in [6.07, 6.45) is -5.76. The van der Waals surface area contributed by atoms with Gasteiger partial charge in [-0.2, -0.15) is 13.2 Å². The lowest BCUT2D eigenvalue weighted by atomic mass is 10.2. The van der Waals surface area contributed by atoms with E-state index in [4.69, 9.17) is 14.9 Å². The van der Waals surface area contributed by atoms with Gasteiger partial charge in [0.25, 0.3) is 0 Å². The number of benzene rings is 1. The molecule has 0 spiro atoms. The van der Waals surface area contributed by atoms with Gasteiger partial charge in [0.2, 0.25) is 0 Å². The molecule has 1 aromatic carbocycles. The van der Waals surface area contributed by atoms with Gasteiger partial charge in [-0.15, -0.1) is 0 Å². The molecule has 1 aliphatic rings. The first-order chi connectivity index (χ1) is 9.81. The average molecular weight is 305 g/mol. The maximum Gasteiger partial charge on any atom is 0.416 e. The number of carboxylic acid groups (broad SMARTS) is 1. The maximum atomic E-state index is 12.4. The fourth-order valence-electron chi connectivity index (χ4n) is 2.28. The third-order valence-corrected chi connectivity index (χ3v) is 3.32. The summed E-state index contributed by atoms with van der Waals surface area (Å²) in [5, 5.41) is 18.1. The van der Waals surface area contributed by atoms with Crippen molar-refractivity contribution in [3.8, 4) is 5.75 Å². The van der Waals surface area contributed by atoms with E-state index in [-0.39, 0.29) is 18.9 Å². The lowest BCUT2D eigenvalue weighted by Gasteiger charge is -2.18. The molecule has 1 aliphatic heterocycles. The lowest BCUT2D eigenvalue weighted by molar-refractivity contribution is -0.137. The number of carbonyl (C=O) groups is 1. The highest BCUT2D eigenvalue weighted by Crippen LogP contribution is 2.31. The highest BCUT2D eigenvalue weighted by Gasteiger charge is 2.36. The summed E-state index contributed by atoms with van der Waals surface area (Å²) in [4.78, 5) is 12.0. The predicted molar refractivity (Wildman–Crippen MR) is 66.1 cm³/mol. The smallest absolute Gasteiger partial charge is 0.416 e. The third kappa shape index (κ3) is 3.57. The Morgan fingerprint density at radius 2 is 1.95 bits per heavy atom. The van der Waals surface area contributed by atoms with Gasteiger partial charge in [0.1, 0.15) is 11.9 Å². The van der Waals surface area contributed by atoms with Crippen LogP contribution in [0.3, 0.4) is 0 Å². The van der Waals surface area contributed by atoms with Gasteiger partial charge >= 0.3 is 12.3 Å². The molecule has 0 saturated carbocycles. The van der Waals surface area contributed by atoms with Crippen LogP contribution in [0.5, 0.6) is 5.75 Å². The minimum absolute atomic E-state index is 0.0710. The zero-order chi connectivity index (χ0) is 15.6. The highest BCUT2D eigenvalue weighted by atomic mass is 19.4. The van der Waals surface area contributed by atoms with Crippen molar-refractivity contribution in [2.24, 2.45) is 0 Å². The summed E-state index contributed by atoms with van der Waals surface area (Å²) in [7, 11) is 0. The second-order valence-electron chi connectivity index (χ2n) is 4.77. The second-order valence-corrected chi connectivity index (χ2v) is 4.77. The van der Waals surface area contributed by atoms with Crippen LogP contribution >= 0.6 is 0 Å². The average Bonchev–Trinajstić information content (AvgIpc) is 2.81. The van der Waals surface area contributed by atoms with E-state index >= 15 is 0 Å². The Balaban J connectivity index is 2.01. The summed E-state index contributed by atoms with van der Waals surface area (Å²) in [5.41, 5.74) is -0.776. The van der Waals surface area contributed by atoms with Crippen molar-refractivity contribution in [2.45, 2.75) is 24.7 Å². The fraction of sp³-hybridized carbons (Fsp3) is 0.462. The maximum absolute atomic E-state index is 12.4. The molecule has 1 aromatic rings. The topological polar surface area (TPSA) is 70.0 Å². The number of hydrogen-bond acceptors (Lipinski definition) is 3. The van der Waals surface area contributed by atoms with Crippen molar-refractivity contribution in [1.82, 2.24) is 4.90 Å². The number of ether oxygens (including phenoxy) is 1. The van der Waals surface area contributed by atoms with E-state index in [1.165, 1.54) is 12.1 Å². The quantitative estimate of drug-likeness (QED) is 0.898. The Morgan fingerprint density at radius 3 is 2.38 bits per heavy atom. The van der Waals surface area contributed by atoms with Gasteiger partial charge in [-0.1, -0.05) is 0 Å². The molecule has 0 aromatic heterocycles. The van der Waals surface area contributed by atoms with Crippen LogP contribution in [0.15, 0.2) is 24.3 Å². The number of nitrogens with zero attached hydrogens (tertiary/aromatic N) is 1. The number of likely N-dealkylation sites (tertiary alicyclic amines) is 1. The van der Waals surface area contributed by atoms with Crippen LogP contribution in [0.1, 0.15) is 12.0 Å². The molecule has 1 saturated heterocycles. The summed E-state index contributed by atoms with van der Waals surface area (Å²) < 4.78 is 42.7. The van der Waals surface area contributed by atoms with Crippen LogP contribution in [-0.4, -0.2) is 46.5 Å². The van der Waals surface area contributed by atoms with Crippen LogP contribution in [0.2, 0.25) is 0 Å². The molecular formula is C13H14F3NO4. The van der Waals surface area contributed by atoms with E-state index in [1.807, 2.05) is 0 Å². The van der Waals surface area contributed by atoms with Gasteiger partial charge in [0.05, 0.1) is 24.8 Å². The zero-order valence-electron chi connectivity index (χ0n) is 10.9. The summed E-state index contributed by atoms with van der Waals surface area (Å²) in [5.74, 6) is 0.233. The van der Waals surface area contributed by atoms with E-state index in [0.29, 0.717) is 6.42 Å². The Morgan fingerprint density at radius 1 is 1.33 bits per heavy atom. The molecule has 0 radical (unpaired) electrons. The van der Waals surface area contributed by atoms with E-state index in [2.05, 4.69) is 0 Å². The van der Waals surface area contributed by atoms with Crippen molar-refractivity contribution in [3.05, 3.63) is 29.8 Å².